The molecule has 1 aromatic heterocycles. The van der Waals surface area contributed by atoms with Gasteiger partial charge in [0.25, 0.3) is 5.91 Å². The molecule has 0 aromatic carbocycles. The lowest BCUT2D eigenvalue weighted by Gasteiger charge is -2.36. The highest BCUT2D eigenvalue weighted by atomic mass is 32.3. The molecule has 0 atom stereocenters. The van der Waals surface area contributed by atoms with Crippen molar-refractivity contribution >= 4 is 28.0 Å². The second kappa shape index (κ2) is 4.07. The van der Waals surface area contributed by atoms with E-state index in [9.17, 15) is 13.9 Å². The van der Waals surface area contributed by atoms with Crippen LogP contribution in [0.4, 0.5) is 0 Å². The lowest BCUT2D eigenvalue weighted by molar-refractivity contribution is 0.0862. The predicted octanol–water partition coefficient (Wildman–Crippen LogP) is 2.53. The van der Waals surface area contributed by atoms with E-state index in [1.807, 2.05) is 6.07 Å². The Hall–Kier alpha value is -1.07. The molecule has 0 bridgehead atoms. The SMILES string of the molecule is N#CCCCN1C(=O)c2cscc2S1(O)O. The lowest BCUT2D eigenvalue weighted by Crippen LogP contribution is -2.28. The summed E-state index contributed by atoms with van der Waals surface area (Å²) in [6, 6.07) is 1.96. The number of hydrogen-bond donors (Lipinski definition) is 2. The molecular weight excluding hydrogens is 248 g/mol. The van der Waals surface area contributed by atoms with Gasteiger partial charge in [0.2, 0.25) is 0 Å². The van der Waals surface area contributed by atoms with Gasteiger partial charge in [-0.1, -0.05) is 10.8 Å². The van der Waals surface area contributed by atoms with Gasteiger partial charge < -0.3 is 0 Å². The van der Waals surface area contributed by atoms with Gasteiger partial charge in [0.05, 0.1) is 11.6 Å². The quantitative estimate of drug-likeness (QED) is 0.816. The molecule has 1 amide bonds. The maximum atomic E-state index is 11.8. The number of thiophene rings is 1. The minimum atomic E-state index is -3.15. The van der Waals surface area contributed by atoms with Crippen molar-refractivity contribution < 1.29 is 13.9 Å². The van der Waals surface area contributed by atoms with Crippen LogP contribution < -0.4 is 0 Å². The summed E-state index contributed by atoms with van der Waals surface area (Å²) < 4.78 is 20.9. The second-order valence-corrected chi connectivity index (χ2v) is 6.00. The summed E-state index contributed by atoms with van der Waals surface area (Å²) in [4.78, 5) is 12.1. The number of carbonyl (C=O) groups excluding carboxylic acids is 1. The number of rotatable bonds is 3. The fourth-order valence-corrected chi connectivity index (χ4v) is 4.38. The van der Waals surface area contributed by atoms with Crippen LogP contribution in [0, 0.1) is 11.3 Å². The molecule has 1 aromatic rings. The molecule has 0 aliphatic carbocycles. The van der Waals surface area contributed by atoms with Crippen LogP contribution in [0.3, 0.4) is 0 Å². The molecule has 0 saturated carbocycles. The number of hydrogen-bond acceptors (Lipinski definition) is 5. The Kier molecular flexibility index (Phi) is 2.90. The Bertz CT molecular complexity index is 464. The van der Waals surface area contributed by atoms with Gasteiger partial charge in [0, 0.05) is 23.7 Å². The average Bonchev–Trinajstić information content (AvgIpc) is 2.77. The Labute approximate surface area is 98.4 Å². The van der Waals surface area contributed by atoms with E-state index in [0.29, 0.717) is 23.3 Å². The van der Waals surface area contributed by atoms with Crippen LogP contribution in [0.1, 0.15) is 23.2 Å². The van der Waals surface area contributed by atoms with Gasteiger partial charge in [-0.25, -0.2) is 4.31 Å². The number of nitriles is 1. The molecule has 0 spiro atoms. The molecule has 5 nitrogen and oxygen atoms in total. The van der Waals surface area contributed by atoms with E-state index in [4.69, 9.17) is 5.26 Å². The summed E-state index contributed by atoms with van der Waals surface area (Å²) in [7, 11) is -3.15. The predicted molar refractivity (Wildman–Crippen MR) is 61.3 cm³/mol. The maximum Gasteiger partial charge on any atom is 0.275 e. The summed E-state index contributed by atoms with van der Waals surface area (Å²) >= 11 is 1.28. The van der Waals surface area contributed by atoms with E-state index >= 15 is 0 Å². The molecular formula is C9H10N2O3S2. The number of carbonyl (C=O) groups is 1. The maximum absolute atomic E-state index is 11.8. The van der Waals surface area contributed by atoms with Crippen LogP contribution in [0.15, 0.2) is 15.7 Å². The molecule has 2 N–H and O–H groups in total. The highest BCUT2D eigenvalue weighted by Crippen LogP contribution is 2.59. The van der Waals surface area contributed by atoms with Crippen molar-refractivity contribution in [2.45, 2.75) is 17.7 Å². The van der Waals surface area contributed by atoms with E-state index < -0.39 is 10.8 Å². The third-order valence-electron chi connectivity index (χ3n) is 2.34. The number of nitrogens with zero attached hydrogens (tertiary/aromatic N) is 2. The highest BCUT2D eigenvalue weighted by molar-refractivity contribution is 8.23. The van der Waals surface area contributed by atoms with Crippen molar-refractivity contribution in [1.82, 2.24) is 4.31 Å². The Morgan fingerprint density at radius 2 is 2.25 bits per heavy atom. The number of unbranched alkanes of at least 4 members (excludes halogenated alkanes) is 1. The van der Waals surface area contributed by atoms with Crippen molar-refractivity contribution in [3.63, 3.8) is 0 Å². The topological polar surface area (TPSA) is 84.6 Å². The first-order chi connectivity index (χ1) is 7.59. The minimum absolute atomic E-state index is 0.202. The first-order valence-corrected chi connectivity index (χ1v) is 7.07. The fourth-order valence-electron chi connectivity index (χ4n) is 1.55. The summed E-state index contributed by atoms with van der Waals surface area (Å²) in [5, 5.41) is 11.6. The number of fused-ring (bicyclic) bond motifs is 1. The molecule has 1 aliphatic rings. The lowest BCUT2D eigenvalue weighted by atomic mass is 10.3. The molecule has 0 radical (unpaired) electrons. The van der Waals surface area contributed by atoms with Crippen molar-refractivity contribution in [3.05, 3.63) is 16.3 Å². The summed E-state index contributed by atoms with van der Waals surface area (Å²) in [6.07, 6.45) is 0.748. The number of amides is 1. The Morgan fingerprint density at radius 3 is 2.88 bits per heavy atom. The zero-order chi connectivity index (χ0) is 11.8. The van der Waals surface area contributed by atoms with Gasteiger partial charge in [0.15, 0.2) is 0 Å². The van der Waals surface area contributed by atoms with Gasteiger partial charge in [0.1, 0.15) is 4.90 Å². The van der Waals surface area contributed by atoms with Crippen molar-refractivity contribution in [1.29, 1.82) is 5.26 Å². The van der Waals surface area contributed by atoms with Crippen LogP contribution in [-0.4, -0.2) is 25.9 Å². The van der Waals surface area contributed by atoms with Crippen molar-refractivity contribution in [3.8, 4) is 6.07 Å². The normalized spacial score (nSPS) is 19.3. The summed E-state index contributed by atoms with van der Waals surface area (Å²) in [5.41, 5.74) is 0.377. The van der Waals surface area contributed by atoms with Crippen LogP contribution in [0.5, 0.6) is 0 Å². The zero-order valence-corrected chi connectivity index (χ0v) is 9.92. The second-order valence-electron chi connectivity index (χ2n) is 3.34. The molecule has 2 rings (SSSR count). The van der Waals surface area contributed by atoms with Crippen LogP contribution >= 0.6 is 22.1 Å². The standard InChI is InChI=1S/C9H10N2O3S2/c10-3-1-2-4-11-9(12)7-5-15-6-8(7)16(11,13)14/h5-6,13-14H,1-2,4H2. The van der Waals surface area contributed by atoms with E-state index in [1.54, 1.807) is 10.8 Å². The minimum Gasteiger partial charge on any atom is -0.277 e. The van der Waals surface area contributed by atoms with Crippen LogP contribution in [-0.2, 0) is 0 Å². The van der Waals surface area contributed by atoms with Gasteiger partial charge in [-0.3, -0.25) is 13.9 Å². The van der Waals surface area contributed by atoms with Crippen molar-refractivity contribution in [2.75, 3.05) is 6.54 Å². The third-order valence-corrected chi connectivity index (χ3v) is 5.12. The summed E-state index contributed by atoms with van der Waals surface area (Å²) in [6.45, 7) is 0.202. The van der Waals surface area contributed by atoms with Gasteiger partial charge >= 0.3 is 0 Å². The summed E-state index contributed by atoms with van der Waals surface area (Å²) in [5.74, 6) is -0.353. The van der Waals surface area contributed by atoms with E-state index in [2.05, 4.69) is 0 Å². The molecule has 1 aliphatic heterocycles. The highest BCUT2D eigenvalue weighted by Gasteiger charge is 2.41. The van der Waals surface area contributed by atoms with Gasteiger partial charge in [-0.2, -0.15) is 5.26 Å². The smallest absolute Gasteiger partial charge is 0.275 e. The fraction of sp³-hybridized carbons (Fsp3) is 0.333. The van der Waals surface area contributed by atoms with Gasteiger partial charge in [-0.05, 0) is 6.42 Å². The van der Waals surface area contributed by atoms with Gasteiger partial charge in [-0.15, -0.1) is 11.3 Å². The van der Waals surface area contributed by atoms with E-state index in [-0.39, 0.29) is 12.5 Å². The van der Waals surface area contributed by atoms with E-state index in [0.717, 1.165) is 4.31 Å². The third kappa shape index (κ3) is 1.60. The molecule has 7 heteroatoms. The zero-order valence-electron chi connectivity index (χ0n) is 8.29. The molecule has 0 unspecified atom stereocenters. The first-order valence-electron chi connectivity index (χ1n) is 4.62. The van der Waals surface area contributed by atoms with Crippen molar-refractivity contribution in [2.24, 2.45) is 0 Å². The molecule has 0 saturated heterocycles. The Morgan fingerprint density at radius 1 is 1.50 bits per heavy atom. The van der Waals surface area contributed by atoms with Crippen LogP contribution in [0.25, 0.3) is 0 Å². The molecule has 0 fully saturated rings. The monoisotopic (exact) mass is 258 g/mol. The Balaban J connectivity index is 2.21. The first kappa shape index (κ1) is 11.4. The largest absolute Gasteiger partial charge is 0.277 e. The molecule has 2 heterocycles. The average molecular weight is 258 g/mol. The van der Waals surface area contributed by atoms with Crippen LogP contribution in [0.2, 0.25) is 0 Å². The molecule has 86 valence electrons. The molecule has 16 heavy (non-hydrogen) atoms. The van der Waals surface area contributed by atoms with E-state index in [1.165, 1.54) is 11.3 Å².